The van der Waals surface area contributed by atoms with Gasteiger partial charge in [0.2, 0.25) is 0 Å². The predicted octanol–water partition coefficient (Wildman–Crippen LogP) is 2.68. The standard InChI is InChI=1S/C17H19NO6S/c1-4-24-17(19)12-5-7-13(8-6-12)18-25(20,21)14-9-10-15(22-2)16(11-14)23-3/h5-11,18H,4H2,1-3H3. The van der Waals surface area contributed by atoms with Crippen molar-refractivity contribution in [3.05, 3.63) is 48.0 Å². The fourth-order valence-electron chi connectivity index (χ4n) is 2.09. The molecule has 134 valence electrons. The van der Waals surface area contributed by atoms with Gasteiger partial charge in [0, 0.05) is 11.8 Å². The van der Waals surface area contributed by atoms with Gasteiger partial charge in [0.25, 0.3) is 10.0 Å². The van der Waals surface area contributed by atoms with Crippen LogP contribution in [0.25, 0.3) is 0 Å². The molecule has 25 heavy (non-hydrogen) atoms. The molecular weight excluding hydrogens is 346 g/mol. The molecule has 0 aromatic heterocycles. The third-order valence-electron chi connectivity index (χ3n) is 3.31. The fourth-order valence-corrected chi connectivity index (χ4v) is 3.16. The lowest BCUT2D eigenvalue weighted by molar-refractivity contribution is 0.0526. The number of benzene rings is 2. The van der Waals surface area contributed by atoms with Crippen LogP contribution in [0.3, 0.4) is 0 Å². The molecule has 7 nitrogen and oxygen atoms in total. The summed E-state index contributed by atoms with van der Waals surface area (Å²) < 4.78 is 42.5. The van der Waals surface area contributed by atoms with Crippen LogP contribution >= 0.6 is 0 Å². The Morgan fingerprint density at radius 3 is 2.20 bits per heavy atom. The SMILES string of the molecule is CCOC(=O)c1ccc(NS(=O)(=O)c2ccc(OC)c(OC)c2)cc1. The number of methoxy groups -OCH3 is 2. The van der Waals surface area contributed by atoms with Crippen molar-refractivity contribution in [2.75, 3.05) is 25.5 Å². The van der Waals surface area contributed by atoms with Crippen LogP contribution in [0.15, 0.2) is 47.4 Å². The van der Waals surface area contributed by atoms with Gasteiger partial charge in [-0.15, -0.1) is 0 Å². The molecule has 2 aromatic carbocycles. The molecule has 0 aliphatic rings. The van der Waals surface area contributed by atoms with Gasteiger partial charge in [-0.25, -0.2) is 13.2 Å². The predicted molar refractivity (Wildman–Crippen MR) is 92.8 cm³/mol. The highest BCUT2D eigenvalue weighted by Gasteiger charge is 2.17. The third-order valence-corrected chi connectivity index (χ3v) is 4.69. The Morgan fingerprint density at radius 1 is 1.00 bits per heavy atom. The van der Waals surface area contributed by atoms with Crippen LogP contribution in [0, 0.1) is 0 Å². The molecule has 8 heteroatoms. The zero-order valence-electron chi connectivity index (χ0n) is 14.1. The second-order valence-corrected chi connectivity index (χ2v) is 6.60. The molecular formula is C17H19NO6S. The van der Waals surface area contributed by atoms with Gasteiger partial charge in [0.1, 0.15) is 0 Å². The van der Waals surface area contributed by atoms with Gasteiger partial charge in [-0.05, 0) is 43.3 Å². The highest BCUT2D eigenvalue weighted by atomic mass is 32.2. The van der Waals surface area contributed by atoms with E-state index in [0.29, 0.717) is 22.7 Å². The summed E-state index contributed by atoms with van der Waals surface area (Å²) in [6.45, 7) is 1.98. The Kier molecular flexibility index (Phi) is 5.87. The second kappa shape index (κ2) is 7.89. The number of nitrogens with one attached hydrogen (secondary N) is 1. The maximum absolute atomic E-state index is 12.5. The summed E-state index contributed by atoms with van der Waals surface area (Å²) in [7, 11) is -0.922. The van der Waals surface area contributed by atoms with E-state index in [9.17, 15) is 13.2 Å². The number of anilines is 1. The van der Waals surface area contributed by atoms with E-state index in [0.717, 1.165) is 0 Å². The van der Waals surface area contributed by atoms with Gasteiger partial charge in [0.05, 0.1) is 31.3 Å². The molecule has 0 aliphatic carbocycles. The minimum atomic E-state index is -3.82. The average Bonchev–Trinajstić information content (AvgIpc) is 2.61. The summed E-state index contributed by atoms with van der Waals surface area (Å²) in [5.74, 6) is 0.278. The highest BCUT2D eigenvalue weighted by Crippen LogP contribution is 2.30. The molecule has 0 radical (unpaired) electrons. The molecule has 0 saturated carbocycles. The van der Waals surface area contributed by atoms with Crippen molar-refractivity contribution in [3.63, 3.8) is 0 Å². The van der Waals surface area contributed by atoms with E-state index in [2.05, 4.69) is 4.72 Å². The van der Waals surface area contributed by atoms with Crippen LogP contribution in [-0.4, -0.2) is 35.2 Å². The number of sulfonamides is 1. The summed E-state index contributed by atoms with van der Waals surface area (Å²) in [5, 5.41) is 0. The normalized spacial score (nSPS) is 10.8. The molecule has 2 rings (SSSR count). The molecule has 0 spiro atoms. The first-order chi connectivity index (χ1) is 11.9. The van der Waals surface area contributed by atoms with E-state index in [1.807, 2.05) is 0 Å². The van der Waals surface area contributed by atoms with Crippen LogP contribution in [0.1, 0.15) is 17.3 Å². The Labute approximate surface area is 146 Å². The van der Waals surface area contributed by atoms with Crippen LogP contribution in [0.5, 0.6) is 11.5 Å². The van der Waals surface area contributed by atoms with E-state index in [1.54, 1.807) is 6.92 Å². The first kappa shape index (κ1) is 18.6. The Morgan fingerprint density at radius 2 is 1.64 bits per heavy atom. The molecule has 0 amide bonds. The maximum Gasteiger partial charge on any atom is 0.338 e. The first-order valence-corrected chi connectivity index (χ1v) is 8.91. The van der Waals surface area contributed by atoms with Crippen molar-refractivity contribution in [2.45, 2.75) is 11.8 Å². The topological polar surface area (TPSA) is 90.9 Å². The number of ether oxygens (including phenoxy) is 3. The number of rotatable bonds is 7. The molecule has 0 unspecified atom stereocenters. The summed E-state index contributed by atoms with van der Waals surface area (Å²) in [6.07, 6.45) is 0. The van der Waals surface area contributed by atoms with Crippen molar-refractivity contribution >= 4 is 21.7 Å². The van der Waals surface area contributed by atoms with Crippen molar-refractivity contribution in [2.24, 2.45) is 0 Å². The summed E-state index contributed by atoms with van der Waals surface area (Å²) in [6, 6.07) is 10.3. The second-order valence-electron chi connectivity index (χ2n) is 4.92. The van der Waals surface area contributed by atoms with E-state index >= 15 is 0 Å². The number of esters is 1. The van der Waals surface area contributed by atoms with Gasteiger partial charge in [-0.1, -0.05) is 0 Å². The average molecular weight is 365 g/mol. The van der Waals surface area contributed by atoms with Crippen molar-refractivity contribution in [1.29, 1.82) is 0 Å². The van der Waals surface area contributed by atoms with Crippen LogP contribution in [-0.2, 0) is 14.8 Å². The zero-order chi connectivity index (χ0) is 18.4. The maximum atomic E-state index is 12.5. The van der Waals surface area contributed by atoms with E-state index < -0.39 is 16.0 Å². The van der Waals surface area contributed by atoms with E-state index in [4.69, 9.17) is 14.2 Å². The largest absolute Gasteiger partial charge is 0.493 e. The summed E-state index contributed by atoms with van der Waals surface area (Å²) in [4.78, 5) is 11.6. The Bertz CT molecular complexity index is 846. The molecule has 0 fully saturated rings. The van der Waals surface area contributed by atoms with Crippen LogP contribution < -0.4 is 14.2 Å². The smallest absolute Gasteiger partial charge is 0.338 e. The van der Waals surface area contributed by atoms with Gasteiger partial charge in [0.15, 0.2) is 11.5 Å². The summed E-state index contributed by atoms with van der Waals surface area (Å²) >= 11 is 0. The van der Waals surface area contributed by atoms with Crippen molar-refractivity contribution in [1.82, 2.24) is 0 Å². The molecule has 0 saturated heterocycles. The molecule has 0 bridgehead atoms. The van der Waals surface area contributed by atoms with E-state index in [-0.39, 0.29) is 11.5 Å². The third kappa shape index (κ3) is 4.42. The van der Waals surface area contributed by atoms with E-state index in [1.165, 1.54) is 56.7 Å². The minimum Gasteiger partial charge on any atom is -0.493 e. The number of hydrogen-bond donors (Lipinski definition) is 1. The molecule has 0 aliphatic heterocycles. The minimum absolute atomic E-state index is 0.0274. The first-order valence-electron chi connectivity index (χ1n) is 7.43. The van der Waals surface area contributed by atoms with Gasteiger partial charge >= 0.3 is 5.97 Å². The summed E-state index contributed by atoms with van der Waals surface area (Å²) in [5.41, 5.74) is 0.666. The lowest BCUT2D eigenvalue weighted by atomic mass is 10.2. The van der Waals surface area contributed by atoms with Gasteiger partial charge in [-0.3, -0.25) is 4.72 Å². The molecule has 0 heterocycles. The van der Waals surface area contributed by atoms with Crippen LogP contribution in [0.4, 0.5) is 5.69 Å². The lowest BCUT2D eigenvalue weighted by Gasteiger charge is -2.12. The Hall–Kier alpha value is -2.74. The Balaban J connectivity index is 2.22. The lowest BCUT2D eigenvalue weighted by Crippen LogP contribution is -2.13. The monoisotopic (exact) mass is 365 g/mol. The quantitative estimate of drug-likeness (QED) is 0.759. The van der Waals surface area contributed by atoms with Crippen molar-refractivity contribution in [3.8, 4) is 11.5 Å². The molecule has 0 atom stereocenters. The molecule has 1 N–H and O–H groups in total. The number of carbonyl (C=O) groups excluding carboxylic acids is 1. The molecule has 2 aromatic rings. The zero-order valence-corrected chi connectivity index (χ0v) is 14.9. The number of carbonyl (C=O) groups is 1. The van der Waals surface area contributed by atoms with Crippen LogP contribution in [0.2, 0.25) is 0 Å². The van der Waals surface area contributed by atoms with Crippen molar-refractivity contribution < 1.29 is 27.4 Å². The number of hydrogen-bond acceptors (Lipinski definition) is 6. The van der Waals surface area contributed by atoms with Gasteiger partial charge in [-0.2, -0.15) is 0 Å². The highest BCUT2D eigenvalue weighted by molar-refractivity contribution is 7.92. The fraction of sp³-hybridized carbons (Fsp3) is 0.235. The van der Waals surface area contributed by atoms with Gasteiger partial charge < -0.3 is 14.2 Å².